The van der Waals surface area contributed by atoms with Crippen molar-refractivity contribution in [2.24, 2.45) is 0 Å². The third-order valence-corrected chi connectivity index (χ3v) is 3.56. The van der Waals surface area contributed by atoms with Crippen molar-refractivity contribution in [3.63, 3.8) is 0 Å². The molecule has 0 spiro atoms. The molecule has 1 aromatic carbocycles. The van der Waals surface area contributed by atoms with Gasteiger partial charge in [-0.25, -0.2) is 4.68 Å². The van der Waals surface area contributed by atoms with Gasteiger partial charge in [0.1, 0.15) is 0 Å². The molecular weight excluding hydrogens is 286 g/mol. The van der Waals surface area contributed by atoms with E-state index >= 15 is 0 Å². The quantitative estimate of drug-likeness (QED) is 0.669. The zero-order valence-electron chi connectivity index (χ0n) is 11.8. The molecule has 1 aliphatic rings. The molecule has 1 N–H and O–H groups in total. The van der Waals surface area contributed by atoms with Crippen LogP contribution in [0.4, 0.5) is 5.69 Å². The van der Waals surface area contributed by atoms with E-state index in [-0.39, 0.29) is 11.6 Å². The molecule has 0 radical (unpaired) electrons. The van der Waals surface area contributed by atoms with Gasteiger partial charge in [0.15, 0.2) is 0 Å². The van der Waals surface area contributed by atoms with E-state index < -0.39 is 4.92 Å². The summed E-state index contributed by atoms with van der Waals surface area (Å²) in [5, 5.41) is 18.0. The summed E-state index contributed by atoms with van der Waals surface area (Å²) in [5.41, 5.74) is 1.21. The van der Waals surface area contributed by atoms with Gasteiger partial charge in [0.05, 0.1) is 22.4 Å². The van der Waals surface area contributed by atoms with Gasteiger partial charge in [0, 0.05) is 44.5 Å². The van der Waals surface area contributed by atoms with Gasteiger partial charge in [0.2, 0.25) is 0 Å². The van der Waals surface area contributed by atoms with Crippen molar-refractivity contribution in [1.29, 1.82) is 0 Å². The third-order valence-electron chi connectivity index (χ3n) is 3.56. The fourth-order valence-corrected chi connectivity index (χ4v) is 2.35. The first-order chi connectivity index (χ1) is 10.6. The highest BCUT2D eigenvalue weighted by atomic mass is 16.6. The number of carbonyl (C=O) groups excluding carboxylic acids is 1. The van der Waals surface area contributed by atoms with Crippen LogP contribution in [0.2, 0.25) is 0 Å². The molecule has 0 bridgehead atoms. The molecule has 22 heavy (non-hydrogen) atoms. The summed E-state index contributed by atoms with van der Waals surface area (Å²) in [6.45, 7) is 2.95. The molecule has 8 heteroatoms. The van der Waals surface area contributed by atoms with Gasteiger partial charge >= 0.3 is 0 Å². The van der Waals surface area contributed by atoms with Crippen molar-refractivity contribution in [2.75, 3.05) is 26.2 Å². The molecule has 0 aliphatic carbocycles. The molecule has 0 atom stereocenters. The van der Waals surface area contributed by atoms with Gasteiger partial charge in [-0.15, -0.1) is 0 Å². The lowest BCUT2D eigenvalue weighted by Gasteiger charge is -2.26. The predicted molar refractivity (Wildman–Crippen MR) is 79.0 cm³/mol. The Kier molecular flexibility index (Phi) is 3.84. The largest absolute Gasteiger partial charge is 0.336 e. The Labute approximate surface area is 126 Å². The van der Waals surface area contributed by atoms with Crippen LogP contribution in [0.3, 0.4) is 0 Å². The number of carbonyl (C=O) groups is 1. The first-order valence-electron chi connectivity index (χ1n) is 6.94. The number of nitro groups is 1. The van der Waals surface area contributed by atoms with Gasteiger partial charge in [0.25, 0.3) is 11.6 Å². The van der Waals surface area contributed by atoms with E-state index in [2.05, 4.69) is 10.4 Å². The monoisotopic (exact) mass is 301 g/mol. The maximum atomic E-state index is 12.3. The molecule has 1 aromatic heterocycles. The topological polar surface area (TPSA) is 93.3 Å². The van der Waals surface area contributed by atoms with Gasteiger partial charge in [-0.05, 0) is 12.1 Å². The fourth-order valence-electron chi connectivity index (χ4n) is 2.35. The Balaban J connectivity index is 1.78. The summed E-state index contributed by atoms with van der Waals surface area (Å²) < 4.78 is 1.54. The molecule has 1 saturated heterocycles. The van der Waals surface area contributed by atoms with Crippen LogP contribution in [0.25, 0.3) is 5.69 Å². The first kappa shape index (κ1) is 14.2. The number of non-ortho nitro benzene ring substituents is 1. The van der Waals surface area contributed by atoms with Crippen LogP contribution in [-0.2, 0) is 0 Å². The second kappa shape index (κ2) is 5.94. The smallest absolute Gasteiger partial charge is 0.269 e. The van der Waals surface area contributed by atoms with Crippen LogP contribution in [0, 0.1) is 10.1 Å². The average molecular weight is 301 g/mol. The molecule has 1 amide bonds. The Morgan fingerprint density at radius 1 is 1.23 bits per heavy atom. The summed E-state index contributed by atoms with van der Waals surface area (Å²) in [4.78, 5) is 24.3. The van der Waals surface area contributed by atoms with Crippen LogP contribution in [-0.4, -0.2) is 51.7 Å². The van der Waals surface area contributed by atoms with Gasteiger partial charge in [-0.2, -0.15) is 5.10 Å². The number of aromatic nitrogens is 2. The molecule has 1 fully saturated rings. The minimum Gasteiger partial charge on any atom is -0.336 e. The number of amides is 1. The highest BCUT2D eigenvalue weighted by Crippen LogP contribution is 2.15. The first-order valence-corrected chi connectivity index (χ1v) is 6.94. The molecule has 0 saturated carbocycles. The van der Waals surface area contributed by atoms with Crippen molar-refractivity contribution >= 4 is 11.6 Å². The number of hydrogen-bond donors (Lipinski definition) is 1. The van der Waals surface area contributed by atoms with E-state index in [0.717, 1.165) is 13.1 Å². The normalized spacial score (nSPS) is 14.8. The molecule has 114 valence electrons. The third kappa shape index (κ3) is 2.82. The average Bonchev–Trinajstić information content (AvgIpc) is 3.05. The van der Waals surface area contributed by atoms with E-state index in [0.29, 0.717) is 24.3 Å². The number of nitrogens with zero attached hydrogens (tertiary/aromatic N) is 4. The van der Waals surface area contributed by atoms with Crippen molar-refractivity contribution in [2.45, 2.75) is 0 Å². The second-order valence-electron chi connectivity index (χ2n) is 4.99. The Morgan fingerprint density at radius 2 is 1.91 bits per heavy atom. The molecule has 1 aliphatic heterocycles. The van der Waals surface area contributed by atoms with Gasteiger partial charge in [-0.3, -0.25) is 14.9 Å². The number of benzene rings is 1. The van der Waals surface area contributed by atoms with E-state index in [1.165, 1.54) is 18.3 Å². The maximum Gasteiger partial charge on any atom is 0.269 e. The van der Waals surface area contributed by atoms with E-state index in [4.69, 9.17) is 0 Å². The minimum atomic E-state index is -0.452. The maximum absolute atomic E-state index is 12.3. The van der Waals surface area contributed by atoms with E-state index in [1.54, 1.807) is 27.9 Å². The standard InChI is InChI=1S/C14H15N5O3/c20-14(17-7-5-15-6-8-17)11-9-16-18(10-11)12-1-3-13(4-2-12)19(21)22/h1-4,9-10,15H,5-8H2. The molecule has 8 nitrogen and oxygen atoms in total. The molecule has 2 heterocycles. The summed E-state index contributed by atoms with van der Waals surface area (Å²) >= 11 is 0. The van der Waals surface area contributed by atoms with Crippen molar-refractivity contribution < 1.29 is 9.72 Å². The molecule has 2 aromatic rings. The van der Waals surface area contributed by atoms with E-state index in [1.807, 2.05) is 0 Å². The Hall–Kier alpha value is -2.74. The Bertz CT molecular complexity index is 689. The van der Waals surface area contributed by atoms with Crippen molar-refractivity contribution in [3.8, 4) is 5.69 Å². The SMILES string of the molecule is O=C(c1cnn(-c2ccc([N+](=O)[O-])cc2)c1)N1CCNCC1. The van der Waals surface area contributed by atoms with Gasteiger partial charge < -0.3 is 10.2 Å². The van der Waals surface area contributed by atoms with Crippen LogP contribution in [0.15, 0.2) is 36.7 Å². The summed E-state index contributed by atoms with van der Waals surface area (Å²) in [7, 11) is 0. The number of piperazine rings is 1. The number of rotatable bonds is 3. The summed E-state index contributed by atoms with van der Waals surface area (Å²) in [6, 6.07) is 6.03. The minimum absolute atomic E-state index is 0.0213. The van der Waals surface area contributed by atoms with Crippen molar-refractivity contribution in [1.82, 2.24) is 20.0 Å². The summed E-state index contributed by atoms with van der Waals surface area (Å²) in [5.74, 6) is -0.0466. The zero-order valence-corrected chi connectivity index (χ0v) is 11.8. The molecule has 3 rings (SSSR count). The summed E-state index contributed by atoms with van der Waals surface area (Å²) in [6.07, 6.45) is 3.16. The number of nitrogens with one attached hydrogen (secondary N) is 1. The second-order valence-corrected chi connectivity index (χ2v) is 4.99. The number of nitro benzene ring substituents is 1. The molecule has 0 unspecified atom stereocenters. The van der Waals surface area contributed by atoms with Gasteiger partial charge in [-0.1, -0.05) is 0 Å². The van der Waals surface area contributed by atoms with Crippen LogP contribution < -0.4 is 5.32 Å². The van der Waals surface area contributed by atoms with Crippen LogP contribution in [0.5, 0.6) is 0 Å². The zero-order chi connectivity index (χ0) is 15.5. The van der Waals surface area contributed by atoms with Crippen LogP contribution in [0.1, 0.15) is 10.4 Å². The van der Waals surface area contributed by atoms with Crippen molar-refractivity contribution in [3.05, 3.63) is 52.3 Å². The fraction of sp³-hybridized carbons (Fsp3) is 0.286. The predicted octanol–water partition coefficient (Wildman–Crippen LogP) is 0.826. The highest BCUT2D eigenvalue weighted by Gasteiger charge is 2.19. The van der Waals surface area contributed by atoms with E-state index in [9.17, 15) is 14.9 Å². The lowest BCUT2D eigenvalue weighted by molar-refractivity contribution is -0.384. The highest BCUT2D eigenvalue weighted by molar-refractivity contribution is 5.93. The lowest BCUT2D eigenvalue weighted by atomic mass is 10.2. The number of hydrogen-bond acceptors (Lipinski definition) is 5. The lowest BCUT2D eigenvalue weighted by Crippen LogP contribution is -2.46. The Morgan fingerprint density at radius 3 is 2.55 bits per heavy atom. The van der Waals surface area contributed by atoms with Crippen LogP contribution >= 0.6 is 0 Å². The molecular formula is C14H15N5O3.